The third-order valence-electron chi connectivity index (χ3n) is 4.72. The quantitative estimate of drug-likeness (QED) is 0.407. The first kappa shape index (κ1) is 19.2. The van der Waals surface area contributed by atoms with E-state index in [4.69, 9.17) is 9.72 Å². The lowest BCUT2D eigenvalue weighted by Crippen LogP contribution is -2.22. The Bertz CT molecular complexity index is 1290. The van der Waals surface area contributed by atoms with Crippen LogP contribution in [0.25, 0.3) is 28.7 Å². The van der Waals surface area contributed by atoms with Crippen molar-refractivity contribution in [3.8, 4) is 11.4 Å². The number of para-hydroxylation sites is 1. The lowest BCUT2D eigenvalue weighted by Gasteiger charge is -2.12. The molecule has 4 nitrogen and oxygen atoms in total. The van der Waals surface area contributed by atoms with E-state index in [9.17, 15) is 4.79 Å². The summed E-state index contributed by atoms with van der Waals surface area (Å²) in [6, 6.07) is 21.0. The van der Waals surface area contributed by atoms with Crippen LogP contribution in [-0.4, -0.2) is 16.7 Å². The Morgan fingerprint density at radius 2 is 1.83 bits per heavy atom. The molecule has 0 aliphatic rings. The number of aromatic nitrogens is 2. The zero-order valence-electron chi connectivity index (χ0n) is 16.1. The van der Waals surface area contributed by atoms with Gasteiger partial charge in [0.25, 0.3) is 5.56 Å². The van der Waals surface area contributed by atoms with Gasteiger partial charge in [0.1, 0.15) is 11.6 Å². The molecule has 144 valence electrons. The molecular formula is C24H19BrN2O2. The Labute approximate surface area is 177 Å². The van der Waals surface area contributed by atoms with Gasteiger partial charge in [-0.15, -0.1) is 0 Å². The molecule has 0 fully saturated rings. The highest BCUT2D eigenvalue weighted by Gasteiger charge is 2.11. The van der Waals surface area contributed by atoms with Crippen molar-refractivity contribution >= 4 is 39.0 Å². The Kier molecular flexibility index (Phi) is 5.32. The third kappa shape index (κ3) is 3.87. The summed E-state index contributed by atoms with van der Waals surface area (Å²) in [7, 11) is 1.64. The molecule has 0 amide bonds. The molecule has 3 aromatic carbocycles. The van der Waals surface area contributed by atoms with Crippen LogP contribution in [0.3, 0.4) is 0 Å². The molecule has 0 spiro atoms. The van der Waals surface area contributed by atoms with Gasteiger partial charge < -0.3 is 4.74 Å². The molecule has 1 heterocycles. The minimum Gasteiger partial charge on any atom is -0.497 e. The lowest BCUT2D eigenvalue weighted by atomic mass is 10.1. The van der Waals surface area contributed by atoms with Gasteiger partial charge in [-0.05, 0) is 66.6 Å². The van der Waals surface area contributed by atoms with Gasteiger partial charge in [-0.1, -0.05) is 46.3 Å². The first-order valence-corrected chi connectivity index (χ1v) is 9.96. The van der Waals surface area contributed by atoms with E-state index in [1.807, 2.05) is 85.8 Å². The summed E-state index contributed by atoms with van der Waals surface area (Å²) in [6.07, 6.45) is 3.79. The zero-order chi connectivity index (χ0) is 20.4. The summed E-state index contributed by atoms with van der Waals surface area (Å²) in [5, 5.41) is 0.589. The number of hydrogen-bond donors (Lipinski definition) is 0. The molecule has 4 rings (SSSR count). The molecule has 0 unspecified atom stereocenters. The van der Waals surface area contributed by atoms with Crippen LogP contribution >= 0.6 is 15.9 Å². The van der Waals surface area contributed by atoms with E-state index in [0.29, 0.717) is 16.7 Å². The molecule has 0 N–H and O–H groups in total. The number of rotatable bonds is 4. The van der Waals surface area contributed by atoms with Gasteiger partial charge in [-0.2, -0.15) is 0 Å². The highest BCUT2D eigenvalue weighted by Crippen LogP contribution is 2.22. The maximum atomic E-state index is 13.3. The van der Waals surface area contributed by atoms with Crippen molar-refractivity contribution in [3.63, 3.8) is 0 Å². The van der Waals surface area contributed by atoms with Gasteiger partial charge in [-0.25, -0.2) is 4.98 Å². The van der Waals surface area contributed by atoms with E-state index in [2.05, 4.69) is 15.9 Å². The number of hydrogen-bond acceptors (Lipinski definition) is 3. The van der Waals surface area contributed by atoms with E-state index in [0.717, 1.165) is 27.0 Å². The van der Waals surface area contributed by atoms with Crippen LogP contribution in [0.2, 0.25) is 0 Å². The van der Waals surface area contributed by atoms with Crippen molar-refractivity contribution in [2.75, 3.05) is 7.11 Å². The molecule has 0 aliphatic carbocycles. The molecular weight excluding hydrogens is 428 g/mol. The van der Waals surface area contributed by atoms with E-state index < -0.39 is 0 Å². The highest BCUT2D eigenvalue weighted by atomic mass is 79.9. The van der Waals surface area contributed by atoms with Crippen molar-refractivity contribution in [2.45, 2.75) is 6.92 Å². The van der Waals surface area contributed by atoms with E-state index in [1.165, 1.54) is 0 Å². The van der Waals surface area contributed by atoms with E-state index in [1.54, 1.807) is 11.7 Å². The average Bonchev–Trinajstić information content (AvgIpc) is 2.74. The zero-order valence-corrected chi connectivity index (χ0v) is 17.7. The monoisotopic (exact) mass is 446 g/mol. The summed E-state index contributed by atoms with van der Waals surface area (Å²) >= 11 is 3.52. The number of aryl methyl sites for hydroxylation is 1. The van der Waals surface area contributed by atoms with Gasteiger partial charge in [0.05, 0.1) is 23.7 Å². The van der Waals surface area contributed by atoms with Crippen molar-refractivity contribution < 1.29 is 4.74 Å². The highest BCUT2D eigenvalue weighted by molar-refractivity contribution is 9.10. The molecule has 1 aromatic heterocycles. The molecule has 4 aromatic rings. The summed E-state index contributed by atoms with van der Waals surface area (Å²) in [5.74, 6) is 1.35. The summed E-state index contributed by atoms with van der Waals surface area (Å²) in [6.45, 7) is 2.00. The topological polar surface area (TPSA) is 44.1 Å². The predicted molar refractivity (Wildman–Crippen MR) is 122 cm³/mol. The van der Waals surface area contributed by atoms with Crippen LogP contribution in [0.4, 0.5) is 0 Å². The smallest absolute Gasteiger partial charge is 0.266 e. The van der Waals surface area contributed by atoms with E-state index >= 15 is 0 Å². The third-order valence-corrected chi connectivity index (χ3v) is 5.61. The van der Waals surface area contributed by atoms with Crippen molar-refractivity contribution in [3.05, 3.63) is 98.5 Å². The van der Waals surface area contributed by atoms with Crippen LogP contribution in [0.5, 0.6) is 5.75 Å². The van der Waals surface area contributed by atoms with Crippen LogP contribution in [0, 0.1) is 6.92 Å². The fourth-order valence-electron chi connectivity index (χ4n) is 3.20. The Morgan fingerprint density at radius 1 is 1.00 bits per heavy atom. The Balaban J connectivity index is 1.92. The second kappa shape index (κ2) is 8.05. The van der Waals surface area contributed by atoms with Crippen molar-refractivity contribution in [1.29, 1.82) is 0 Å². The van der Waals surface area contributed by atoms with Gasteiger partial charge >= 0.3 is 0 Å². The van der Waals surface area contributed by atoms with Crippen molar-refractivity contribution in [1.82, 2.24) is 9.55 Å². The minimum atomic E-state index is -0.0948. The maximum absolute atomic E-state index is 13.3. The molecule has 0 aliphatic heterocycles. The normalized spacial score (nSPS) is 11.3. The SMILES string of the molecule is COc1cccc(/C=C/c2nc3ccccc3c(=O)n2-c2ccc(Br)c(C)c2)c1. The number of benzene rings is 3. The average molecular weight is 447 g/mol. The summed E-state index contributed by atoms with van der Waals surface area (Å²) < 4.78 is 7.94. The summed E-state index contributed by atoms with van der Waals surface area (Å²) in [4.78, 5) is 18.1. The van der Waals surface area contributed by atoms with Crippen LogP contribution in [0.15, 0.2) is 76.0 Å². The van der Waals surface area contributed by atoms with Gasteiger partial charge in [-0.3, -0.25) is 9.36 Å². The predicted octanol–water partition coefficient (Wildman–Crippen LogP) is 5.64. The first-order valence-electron chi connectivity index (χ1n) is 9.17. The van der Waals surface area contributed by atoms with Crippen LogP contribution < -0.4 is 10.3 Å². The number of halogens is 1. The lowest BCUT2D eigenvalue weighted by molar-refractivity contribution is 0.414. The molecule has 29 heavy (non-hydrogen) atoms. The van der Waals surface area contributed by atoms with Crippen LogP contribution in [-0.2, 0) is 0 Å². The number of ether oxygens (including phenoxy) is 1. The number of methoxy groups -OCH3 is 1. The van der Waals surface area contributed by atoms with Crippen LogP contribution in [0.1, 0.15) is 17.0 Å². The van der Waals surface area contributed by atoms with Gasteiger partial charge in [0.2, 0.25) is 0 Å². The molecule has 0 atom stereocenters. The molecule has 0 radical (unpaired) electrons. The van der Waals surface area contributed by atoms with E-state index in [-0.39, 0.29) is 5.56 Å². The minimum absolute atomic E-state index is 0.0948. The molecule has 0 bridgehead atoms. The maximum Gasteiger partial charge on any atom is 0.266 e. The van der Waals surface area contributed by atoms with Gasteiger partial charge in [0.15, 0.2) is 0 Å². The first-order chi connectivity index (χ1) is 14.1. The standard InChI is InChI=1S/C24H19BrN2O2/c1-16-14-18(11-12-21(16)25)27-23(13-10-17-6-5-7-19(15-17)29-2)26-22-9-4-3-8-20(22)24(27)28/h3-15H,1-2H3/b13-10+. The fraction of sp³-hybridized carbons (Fsp3) is 0.0833. The fourth-order valence-corrected chi connectivity index (χ4v) is 3.44. The number of nitrogens with zero attached hydrogens (tertiary/aromatic N) is 2. The molecule has 5 heteroatoms. The molecule has 0 saturated heterocycles. The molecule has 0 saturated carbocycles. The second-order valence-electron chi connectivity index (χ2n) is 6.67. The van der Waals surface area contributed by atoms with Gasteiger partial charge in [0, 0.05) is 4.47 Å². The number of fused-ring (bicyclic) bond motifs is 1. The largest absolute Gasteiger partial charge is 0.497 e. The van der Waals surface area contributed by atoms with Crippen molar-refractivity contribution in [2.24, 2.45) is 0 Å². The second-order valence-corrected chi connectivity index (χ2v) is 7.53. The Morgan fingerprint density at radius 3 is 2.62 bits per heavy atom. The summed E-state index contributed by atoms with van der Waals surface area (Å²) in [5.41, 5.74) is 3.37. The Hall–Kier alpha value is -3.18.